The second-order valence-corrected chi connectivity index (χ2v) is 7.10. The lowest BCUT2D eigenvalue weighted by atomic mass is 10.0. The largest absolute Gasteiger partial charge is 0.359 e. The van der Waals surface area contributed by atoms with Gasteiger partial charge in [-0.1, -0.05) is 48.5 Å². The molecule has 0 unspecified atom stereocenters. The number of nitrogens with zero attached hydrogens (tertiary/aromatic N) is 5. The molecule has 0 radical (unpaired) electrons. The first-order chi connectivity index (χ1) is 15.5. The molecule has 3 aromatic carbocycles. The zero-order valence-corrected chi connectivity index (χ0v) is 16.2. The van der Waals surface area contributed by atoms with Crippen LogP contribution in [0.2, 0.25) is 0 Å². The summed E-state index contributed by atoms with van der Waals surface area (Å²) < 4.78 is 6.50. The molecular weight excluding hydrogens is 418 g/mol. The van der Waals surface area contributed by atoms with E-state index in [-0.39, 0.29) is 21.5 Å². The van der Waals surface area contributed by atoms with Crippen LogP contribution in [-0.2, 0) is 6.54 Å². The molecule has 0 aliphatic carbocycles. The molecule has 0 aliphatic rings. The van der Waals surface area contributed by atoms with Crippen molar-refractivity contribution in [2.45, 2.75) is 6.54 Å². The summed E-state index contributed by atoms with van der Waals surface area (Å²) in [5, 5.41) is 39.9. The molecule has 0 saturated heterocycles. The Morgan fingerprint density at radius 1 is 0.969 bits per heavy atom. The number of aromatic nitrogens is 3. The fourth-order valence-electron chi connectivity index (χ4n) is 3.92. The molecule has 0 saturated carbocycles. The summed E-state index contributed by atoms with van der Waals surface area (Å²) in [6, 6.07) is 17.7. The van der Waals surface area contributed by atoms with Gasteiger partial charge in [-0.25, -0.2) is 0 Å². The SMILES string of the molecule is O=[N+]([O-])c1cc([N+](=O)[O-])c2no[n+]([O-])c2c1-c1cn(Cc2ccccc2)c2ccccc12. The van der Waals surface area contributed by atoms with Crippen LogP contribution in [0.25, 0.3) is 33.1 Å². The highest BCUT2D eigenvalue weighted by molar-refractivity contribution is 6.07. The van der Waals surface area contributed by atoms with Crippen LogP contribution in [0, 0.1) is 25.4 Å². The zero-order valence-electron chi connectivity index (χ0n) is 16.2. The highest BCUT2D eigenvalue weighted by Crippen LogP contribution is 2.43. The average molecular weight is 431 g/mol. The number of nitro benzene ring substituents is 2. The molecule has 158 valence electrons. The fourth-order valence-corrected chi connectivity index (χ4v) is 3.92. The normalized spacial score (nSPS) is 11.2. The summed E-state index contributed by atoms with van der Waals surface area (Å²) in [6.07, 6.45) is 1.69. The summed E-state index contributed by atoms with van der Waals surface area (Å²) in [6.45, 7) is 0.478. The quantitative estimate of drug-likeness (QED) is 0.233. The van der Waals surface area contributed by atoms with Gasteiger partial charge in [0.05, 0.1) is 21.1 Å². The summed E-state index contributed by atoms with van der Waals surface area (Å²) >= 11 is 0. The van der Waals surface area contributed by atoms with Crippen molar-refractivity contribution in [3.63, 3.8) is 0 Å². The number of para-hydroxylation sites is 1. The van der Waals surface area contributed by atoms with Crippen LogP contribution in [0.5, 0.6) is 0 Å². The predicted molar refractivity (Wildman–Crippen MR) is 113 cm³/mol. The first kappa shape index (κ1) is 19.2. The molecule has 0 N–H and O–H groups in total. The summed E-state index contributed by atoms with van der Waals surface area (Å²) in [7, 11) is 0. The topological polar surface area (TPSA) is 144 Å². The van der Waals surface area contributed by atoms with Gasteiger partial charge in [-0.2, -0.15) is 0 Å². The van der Waals surface area contributed by atoms with Gasteiger partial charge in [0.2, 0.25) is 5.52 Å². The number of nitro groups is 2. The van der Waals surface area contributed by atoms with Gasteiger partial charge in [-0.15, -0.1) is 0 Å². The van der Waals surface area contributed by atoms with E-state index in [4.69, 9.17) is 0 Å². The second kappa shape index (κ2) is 7.16. The van der Waals surface area contributed by atoms with Crippen LogP contribution in [0.4, 0.5) is 11.4 Å². The maximum absolute atomic E-state index is 12.4. The van der Waals surface area contributed by atoms with E-state index in [2.05, 4.69) is 9.79 Å². The fraction of sp³-hybridized carbons (Fsp3) is 0.0476. The molecule has 11 nitrogen and oxygen atoms in total. The minimum atomic E-state index is -0.833. The van der Waals surface area contributed by atoms with Gasteiger partial charge in [0.15, 0.2) is 0 Å². The van der Waals surface area contributed by atoms with Gasteiger partial charge < -0.3 is 9.77 Å². The van der Waals surface area contributed by atoms with Crippen LogP contribution in [0.3, 0.4) is 0 Å². The van der Waals surface area contributed by atoms with Crippen molar-refractivity contribution in [3.8, 4) is 11.1 Å². The molecule has 0 atom stereocenters. The van der Waals surface area contributed by atoms with Crippen LogP contribution in [-0.4, -0.2) is 19.6 Å². The summed E-state index contributed by atoms with van der Waals surface area (Å²) in [5.41, 5.74) is 0.0827. The molecular formula is C21H13N5O6. The smallest absolute Gasteiger partial charge is 0.333 e. The Kier molecular flexibility index (Phi) is 4.29. The molecule has 0 bridgehead atoms. The average Bonchev–Trinajstić information content (AvgIpc) is 3.34. The number of fused-ring (bicyclic) bond motifs is 2. The molecule has 5 rings (SSSR count). The van der Waals surface area contributed by atoms with Crippen molar-refractivity contribution in [1.29, 1.82) is 0 Å². The summed E-state index contributed by atoms with van der Waals surface area (Å²) in [4.78, 5) is 21.7. The van der Waals surface area contributed by atoms with E-state index in [1.165, 1.54) is 0 Å². The molecule has 0 fully saturated rings. The maximum Gasteiger partial charge on any atom is 0.333 e. The standard InChI is InChI=1S/C21H13N5O6/c27-24(28)17-10-18(25(29)30)20-21(26(31)32-22-20)19(17)15-12-23(11-13-6-2-1-3-7-13)16-9-5-4-8-14(15)16/h1-10,12H,11H2. The molecule has 2 aromatic heterocycles. The van der Waals surface area contributed by atoms with Gasteiger partial charge >= 0.3 is 11.2 Å². The highest BCUT2D eigenvalue weighted by atomic mass is 16.8. The Bertz CT molecular complexity index is 1520. The number of non-ortho nitro benzene ring substituents is 1. The van der Waals surface area contributed by atoms with Crippen LogP contribution in [0.1, 0.15) is 5.56 Å². The van der Waals surface area contributed by atoms with E-state index in [0.717, 1.165) is 17.1 Å². The molecule has 0 amide bonds. The first-order valence-corrected chi connectivity index (χ1v) is 9.43. The third kappa shape index (κ3) is 2.91. The molecule has 2 heterocycles. The minimum Gasteiger partial charge on any atom is -0.359 e. The van der Waals surface area contributed by atoms with Gasteiger partial charge in [0.25, 0.3) is 5.69 Å². The Labute approximate surface area is 178 Å². The zero-order chi connectivity index (χ0) is 22.4. The Hall–Kier alpha value is -4.80. The number of rotatable bonds is 5. The number of benzene rings is 3. The van der Waals surface area contributed by atoms with Crippen LogP contribution in [0.15, 0.2) is 71.5 Å². The van der Waals surface area contributed by atoms with E-state index in [0.29, 0.717) is 17.5 Å². The van der Waals surface area contributed by atoms with Crippen molar-refractivity contribution in [2.24, 2.45) is 0 Å². The molecule has 32 heavy (non-hydrogen) atoms. The van der Waals surface area contributed by atoms with Crippen molar-refractivity contribution >= 4 is 33.3 Å². The third-order valence-corrected chi connectivity index (χ3v) is 5.27. The summed E-state index contributed by atoms with van der Waals surface area (Å²) in [5.74, 6) is 0. The van der Waals surface area contributed by atoms with Crippen LogP contribution >= 0.6 is 0 Å². The van der Waals surface area contributed by atoms with E-state index in [9.17, 15) is 25.4 Å². The molecule has 0 aliphatic heterocycles. The van der Waals surface area contributed by atoms with Crippen molar-refractivity contribution in [3.05, 3.63) is 97.9 Å². The third-order valence-electron chi connectivity index (χ3n) is 5.27. The number of hydrogen-bond donors (Lipinski definition) is 0. The lowest BCUT2D eigenvalue weighted by molar-refractivity contribution is -0.782. The van der Waals surface area contributed by atoms with Crippen molar-refractivity contribution < 1.29 is 19.4 Å². The lowest BCUT2D eigenvalue weighted by Crippen LogP contribution is -2.23. The van der Waals surface area contributed by atoms with Crippen molar-refractivity contribution in [1.82, 2.24) is 9.72 Å². The molecule has 11 heteroatoms. The van der Waals surface area contributed by atoms with Gasteiger partial charge in [-0.3, -0.25) is 24.9 Å². The Morgan fingerprint density at radius 3 is 2.38 bits per heavy atom. The van der Waals surface area contributed by atoms with E-state index in [1.807, 2.05) is 47.0 Å². The van der Waals surface area contributed by atoms with E-state index < -0.39 is 21.2 Å². The van der Waals surface area contributed by atoms with Gasteiger partial charge in [-0.05, 0) is 16.5 Å². The first-order valence-electron chi connectivity index (χ1n) is 9.43. The van der Waals surface area contributed by atoms with Crippen molar-refractivity contribution in [2.75, 3.05) is 0 Å². The molecule has 5 aromatic rings. The Balaban J connectivity index is 1.85. The molecule has 0 spiro atoms. The minimum absolute atomic E-state index is 0.0338. The van der Waals surface area contributed by atoms with Gasteiger partial charge in [0, 0.05) is 29.2 Å². The lowest BCUT2D eigenvalue weighted by Gasteiger charge is -2.05. The van der Waals surface area contributed by atoms with Crippen LogP contribution < -0.4 is 4.90 Å². The van der Waals surface area contributed by atoms with E-state index >= 15 is 0 Å². The maximum atomic E-state index is 12.4. The number of hydrogen-bond acceptors (Lipinski definition) is 7. The Morgan fingerprint density at radius 2 is 1.66 bits per heavy atom. The second-order valence-electron chi connectivity index (χ2n) is 7.10. The van der Waals surface area contributed by atoms with Gasteiger partial charge in [0.1, 0.15) is 5.56 Å². The predicted octanol–water partition coefficient (Wildman–Crippen LogP) is 3.95. The van der Waals surface area contributed by atoms with E-state index in [1.54, 1.807) is 18.3 Å². The highest BCUT2D eigenvalue weighted by Gasteiger charge is 2.36. The monoisotopic (exact) mass is 431 g/mol.